The van der Waals surface area contributed by atoms with Crippen molar-refractivity contribution in [2.24, 2.45) is 0 Å². The summed E-state index contributed by atoms with van der Waals surface area (Å²) in [5.41, 5.74) is 4.51. The number of hydrogen-bond acceptors (Lipinski definition) is 14. The summed E-state index contributed by atoms with van der Waals surface area (Å²) in [6, 6.07) is 12.1. The first-order valence-corrected chi connectivity index (χ1v) is 18.1. The predicted molar refractivity (Wildman–Crippen MR) is 176 cm³/mol. The number of carbonyl (C=O) groups is 3. The molecule has 1 unspecified atom stereocenters. The molecule has 1 aliphatic carbocycles. The van der Waals surface area contributed by atoms with Crippen LogP contribution in [0.15, 0.2) is 48.8 Å². The maximum Gasteiger partial charge on any atom is 0.459 e. The quantitative estimate of drug-likeness (QED) is 0.135. The summed E-state index contributed by atoms with van der Waals surface area (Å²) in [7, 11) is -4.53. The normalized spacial score (nSPS) is 24.1. The first kappa shape index (κ1) is 36.7. The van der Waals surface area contributed by atoms with Crippen molar-refractivity contribution in [3.05, 3.63) is 54.5 Å². The Labute approximate surface area is 289 Å². The lowest BCUT2D eigenvalue weighted by Crippen LogP contribution is -2.49. The third-order valence-corrected chi connectivity index (χ3v) is 10.1. The molecule has 0 bridgehead atoms. The standard InChI is InChI=1S/C33H41N6O10P/c1-4-26(40)46-29-28(24-16-17-25-31(35)36-20-37-39(24)25)48-33(18-34,30(29)47-27(41)5-2)19-44-50(43,49-23-14-10-7-11-15-23)38-21(3)32(42)45-22-12-8-6-9-13-22/h7,10-11,14-17,20-22,28-30H,4-6,8-9,12-13,19H2,1-3H3,(H,38,43)(H2,35,36,37)/t21-,28-,29-,30-,33+,50?/m0/s1. The molecule has 1 saturated carbocycles. The van der Waals surface area contributed by atoms with Crippen LogP contribution in [0.2, 0.25) is 0 Å². The summed E-state index contributed by atoms with van der Waals surface area (Å²) in [5.74, 6) is -1.78. The average molecular weight is 713 g/mol. The number of esters is 3. The number of carbonyl (C=O) groups excluding carboxylic acids is 3. The number of nitrogen functional groups attached to an aromatic ring is 1. The molecule has 2 aliphatic rings. The van der Waals surface area contributed by atoms with E-state index in [1.54, 1.807) is 44.2 Å². The van der Waals surface area contributed by atoms with Gasteiger partial charge in [-0.2, -0.15) is 15.4 Å². The average Bonchev–Trinajstić information content (AvgIpc) is 3.68. The predicted octanol–water partition coefficient (Wildman–Crippen LogP) is 4.35. The first-order valence-electron chi connectivity index (χ1n) is 16.5. The minimum atomic E-state index is -4.53. The smallest absolute Gasteiger partial charge is 0.459 e. The molecular formula is C33H41N6O10P. The molecule has 3 N–H and O–H groups in total. The Morgan fingerprint density at radius 3 is 2.46 bits per heavy atom. The molecule has 0 amide bonds. The van der Waals surface area contributed by atoms with Gasteiger partial charge in [0.25, 0.3) is 0 Å². The number of anilines is 1. The molecule has 1 aliphatic heterocycles. The molecule has 5 rings (SSSR count). The Morgan fingerprint density at radius 2 is 1.78 bits per heavy atom. The lowest BCUT2D eigenvalue weighted by Gasteiger charge is -2.30. The van der Waals surface area contributed by atoms with Crippen LogP contribution in [0, 0.1) is 11.3 Å². The first-order chi connectivity index (χ1) is 24.0. The number of benzene rings is 1. The zero-order chi connectivity index (χ0) is 35.9. The Hall–Kier alpha value is -4.55. The van der Waals surface area contributed by atoms with Crippen LogP contribution < -0.4 is 15.3 Å². The molecule has 3 aromatic rings. The van der Waals surface area contributed by atoms with E-state index in [1.807, 2.05) is 6.07 Å². The van der Waals surface area contributed by atoms with Crippen LogP contribution in [0.3, 0.4) is 0 Å². The summed E-state index contributed by atoms with van der Waals surface area (Å²) >= 11 is 0. The second-order valence-corrected chi connectivity index (χ2v) is 13.7. The van der Waals surface area contributed by atoms with Gasteiger partial charge in [0, 0.05) is 12.8 Å². The Kier molecular flexibility index (Phi) is 11.7. The van der Waals surface area contributed by atoms with E-state index in [9.17, 15) is 24.2 Å². The van der Waals surface area contributed by atoms with E-state index in [4.69, 9.17) is 33.7 Å². The molecule has 3 heterocycles. The third-order valence-electron chi connectivity index (χ3n) is 8.45. The van der Waals surface area contributed by atoms with Crippen LogP contribution in [0.5, 0.6) is 5.75 Å². The number of fused-ring (bicyclic) bond motifs is 1. The lowest BCUT2D eigenvalue weighted by atomic mass is 9.95. The molecule has 268 valence electrons. The number of nitrogens with one attached hydrogen (secondary N) is 1. The molecule has 2 aromatic heterocycles. The molecular weight excluding hydrogens is 671 g/mol. The van der Waals surface area contributed by atoms with Crippen molar-refractivity contribution >= 4 is 37.0 Å². The summed E-state index contributed by atoms with van der Waals surface area (Å²) in [6.07, 6.45) is 0.996. The van der Waals surface area contributed by atoms with Gasteiger partial charge in [0.2, 0.25) is 5.60 Å². The van der Waals surface area contributed by atoms with Gasteiger partial charge in [0.05, 0.1) is 5.69 Å². The maximum atomic E-state index is 14.5. The van der Waals surface area contributed by atoms with Crippen LogP contribution in [0.25, 0.3) is 5.52 Å². The number of aromatic nitrogens is 3. The van der Waals surface area contributed by atoms with Gasteiger partial charge in [0.15, 0.2) is 18.0 Å². The molecule has 0 spiro atoms. The van der Waals surface area contributed by atoms with Crippen molar-refractivity contribution in [3.8, 4) is 11.8 Å². The zero-order valence-electron chi connectivity index (χ0n) is 28.1. The summed E-state index contributed by atoms with van der Waals surface area (Å²) in [6.45, 7) is 3.75. The van der Waals surface area contributed by atoms with Crippen molar-refractivity contribution in [1.82, 2.24) is 19.7 Å². The molecule has 16 nitrogen and oxygen atoms in total. The largest absolute Gasteiger partial charge is 0.461 e. The van der Waals surface area contributed by atoms with Gasteiger partial charge in [-0.25, -0.2) is 14.1 Å². The van der Waals surface area contributed by atoms with Crippen LogP contribution in [-0.4, -0.2) is 69.1 Å². The van der Waals surface area contributed by atoms with E-state index < -0.39 is 62.2 Å². The van der Waals surface area contributed by atoms with Gasteiger partial charge in [-0.1, -0.05) is 38.5 Å². The topological polar surface area (TPSA) is 216 Å². The summed E-state index contributed by atoms with van der Waals surface area (Å²) in [5, 5.41) is 17.6. The molecule has 50 heavy (non-hydrogen) atoms. The molecule has 2 fully saturated rings. The van der Waals surface area contributed by atoms with Gasteiger partial charge in [-0.15, -0.1) is 0 Å². The van der Waals surface area contributed by atoms with Crippen LogP contribution in [0.1, 0.15) is 77.5 Å². The second-order valence-electron chi connectivity index (χ2n) is 12.0. The summed E-state index contributed by atoms with van der Waals surface area (Å²) < 4.78 is 51.1. The lowest BCUT2D eigenvalue weighted by molar-refractivity contribution is -0.169. The van der Waals surface area contributed by atoms with Crippen LogP contribution in [-0.2, 0) is 42.4 Å². The van der Waals surface area contributed by atoms with Crippen LogP contribution in [0.4, 0.5) is 5.82 Å². The Bertz CT molecular complexity index is 1760. The van der Waals surface area contributed by atoms with E-state index in [-0.39, 0.29) is 30.5 Å². The van der Waals surface area contributed by atoms with Gasteiger partial charge in [0.1, 0.15) is 48.5 Å². The second kappa shape index (κ2) is 16.0. The fourth-order valence-electron chi connectivity index (χ4n) is 5.82. The van der Waals surface area contributed by atoms with Gasteiger partial charge >= 0.3 is 25.7 Å². The number of para-hydroxylation sites is 1. The number of ether oxygens (including phenoxy) is 4. The number of hydrogen-bond donors (Lipinski definition) is 2. The Balaban J connectivity index is 1.49. The van der Waals surface area contributed by atoms with E-state index in [2.05, 4.69) is 15.2 Å². The van der Waals surface area contributed by atoms with E-state index in [1.165, 1.54) is 29.9 Å². The van der Waals surface area contributed by atoms with Crippen molar-refractivity contribution in [3.63, 3.8) is 0 Å². The Morgan fingerprint density at radius 1 is 1.08 bits per heavy atom. The van der Waals surface area contributed by atoms with Crippen LogP contribution >= 0.6 is 7.75 Å². The fraction of sp³-hybridized carbons (Fsp3) is 0.515. The molecule has 1 aromatic carbocycles. The number of nitrogens with zero attached hydrogens (tertiary/aromatic N) is 4. The number of rotatable bonds is 14. The van der Waals surface area contributed by atoms with E-state index in [0.29, 0.717) is 11.2 Å². The van der Waals surface area contributed by atoms with Crippen molar-refractivity contribution in [2.45, 2.75) is 102 Å². The fourth-order valence-corrected chi connectivity index (χ4v) is 7.34. The highest BCUT2D eigenvalue weighted by molar-refractivity contribution is 7.52. The van der Waals surface area contributed by atoms with Crippen molar-refractivity contribution < 1.29 is 46.9 Å². The number of nitriles is 1. The maximum absolute atomic E-state index is 14.5. The highest BCUT2D eigenvalue weighted by Gasteiger charge is 2.62. The zero-order valence-corrected chi connectivity index (χ0v) is 29.0. The summed E-state index contributed by atoms with van der Waals surface area (Å²) in [4.78, 5) is 42.6. The SMILES string of the molecule is CCC(=O)O[C@H]1[C@H](c2ccc3c(N)ncnn23)O[C@](C#N)(COP(=O)(N[C@@H](C)C(=O)OC2CCCCC2)Oc2ccccc2)[C@H]1OC(=O)CC. The highest BCUT2D eigenvalue weighted by Crippen LogP contribution is 2.50. The van der Waals surface area contributed by atoms with Gasteiger partial charge in [-0.3, -0.25) is 18.9 Å². The monoisotopic (exact) mass is 712 g/mol. The molecule has 17 heteroatoms. The minimum Gasteiger partial charge on any atom is -0.461 e. The molecule has 0 radical (unpaired) electrons. The van der Waals surface area contributed by atoms with Crippen molar-refractivity contribution in [1.29, 1.82) is 5.26 Å². The van der Waals surface area contributed by atoms with E-state index >= 15 is 0 Å². The van der Waals surface area contributed by atoms with Gasteiger partial charge in [-0.05, 0) is 56.9 Å². The van der Waals surface area contributed by atoms with Gasteiger partial charge < -0.3 is 29.2 Å². The highest BCUT2D eigenvalue weighted by atomic mass is 31.2. The minimum absolute atomic E-state index is 0.0450. The molecule has 6 atom stereocenters. The third kappa shape index (κ3) is 8.24. The molecule has 1 saturated heterocycles. The number of nitrogens with two attached hydrogens (primary N) is 1. The van der Waals surface area contributed by atoms with E-state index in [0.717, 1.165) is 32.1 Å². The van der Waals surface area contributed by atoms with Crippen molar-refractivity contribution in [2.75, 3.05) is 12.3 Å².